The average molecular weight is 500 g/mol. The molecular weight excluding hydrogens is 466 g/mol. The van der Waals surface area contributed by atoms with Crippen LogP contribution in [0.2, 0.25) is 0 Å². The van der Waals surface area contributed by atoms with E-state index < -0.39 is 54.5 Å². The summed E-state index contributed by atoms with van der Waals surface area (Å²) in [4.78, 5) is 47.5. The summed E-state index contributed by atoms with van der Waals surface area (Å²) in [6.45, 7) is 9.76. The van der Waals surface area contributed by atoms with Crippen molar-refractivity contribution >= 4 is 24.4 Å². The molecular formula is C23H33NO11. The molecule has 0 fully saturated rings. The molecule has 0 spiro atoms. The smallest absolute Gasteiger partial charge is 0.480 e. The second-order valence-corrected chi connectivity index (χ2v) is 7.76. The van der Waals surface area contributed by atoms with Crippen molar-refractivity contribution in [3.05, 3.63) is 23.8 Å². The summed E-state index contributed by atoms with van der Waals surface area (Å²) in [5.41, 5.74) is 6.31. The molecule has 0 saturated carbocycles. The third kappa shape index (κ3) is 9.32. The van der Waals surface area contributed by atoms with Gasteiger partial charge in [-0.3, -0.25) is 4.79 Å². The van der Waals surface area contributed by atoms with Crippen LogP contribution in [0.3, 0.4) is 0 Å². The third-order valence-corrected chi connectivity index (χ3v) is 4.86. The van der Waals surface area contributed by atoms with E-state index in [0.29, 0.717) is 5.56 Å². The number of hydrogen-bond donors (Lipinski definition) is 2. The predicted octanol–water partition coefficient (Wildman–Crippen LogP) is 3.84. The molecule has 1 rings (SSSR count). The Morgan fingerprint density at radius 3 is 1.89 bits per heavy atom. The van der Waals surface area contributed by atoms with Crippen molar-refractivity contribution in [3.63, 3.8) is 0 Å². The van der Waals surface area contributed by atoms with Gasteiger partial charge < -0.3 is 39.3 Å². The highest BCUT2D eigenvalue weighted by molar-refractivity contribution is 5.75. The van der Waals surface area contributed by atoms with Crippen LogP contribution >= 0.6 is 0 Å². The van der Waals surface area contributed by atoms with E-state index in [4.69, 9.17) is 34.2 Å². The number of benzene rings is 1. The Bertz CT molecular complexity index is 886. The lowest BCUT2D eigenvalue weighted by Gasteiger charge is -2.31. The van der Waals surface area contributed by atoms with Crippen LogP contribution in [0.15, 0.2) is 18.2 Å². The van der Waals surface area contributed by atoms with Crippen LogP contribution in [-0.4, -0.2) is 61.0 Å². The molecule has 0 bridgehead atoms. The van der Waals surface area contributed by atoms with Crippen LogP contribution in [0.5, 0.6) is 11.5 Å². The van der Waals surface area contributed by atoms with Gasteiger partial charge >= 0.3 is 24.4 Å². The van der Waals surface area contributed by atoms with E-state index in [9.17, 15) is 24.3 Å². The highest BCUT2D eigenvalue weighted by Gasteiger charge is 2.36. The van der Waals surface area contributed by atoms with E-state index in [2.05, 4.69) is 0 Å². The van der Waals surface area contributed by atoms with Gasteiger partial charge in [0.25, 0.3) is 0 Å². The van der Waals surface area contributed by atoms with E-state index in [1.807, 2.05) is 0 Å². The minimum atomic E-state index is -1.43. The lowest BCUT2D eigenvalue weighted by Crippen LogP contribution is -2.42. The number of carboxylic acid groups (broad SMARTS) is 1. The molecule has 12 heteroatoms. The number of hydrogen-bond acceptors (Lipinski definition) is 11. The van der Waals surface area contributed by atoms with Gasteiger partial charge in [-0.15, -0.1) is 0 Å². The van der Waals surface area contributed by atoms with Crippen LogP contribution in [0, 0.1) is 5.92 Å². The largest absolute Gasteiger partial charge is 0.513 e. The maximum atomic E-state index is 11.9. The van der Waals surface area contributed by atoms with Crippen molar-refractivity contribution in [2.24, 2.45) is 11.7 Å². The molecule has 0 saturated heterocycles. The van der Waals surface area contributed by atoms with Gasteiger partial charge in [0, 0.05) is 11.8 Å². The fourth-order valence-corrected chi connectivity index (χ4v) is 3.13. The molecule has 35 heavy (non-hydrogen) atoms. The van der Waals surface area contributed by atoms with Gasteiger partial charge in [-0.1, -0.05) is 13.0 Å². The van der Waals surface area contributed by atoms with Crippen LogP contribution in [0.25, 0.3) is 0 Å². The number of rotatable bonds is 11. The van der Waals surface area contributed by atoms with E-state index in [0.717, 1.165) is 0 Å². The van der Waals surface area contributed by atoms with Crippen molar-refractivity contribution < 1.29 is 52.7 Å². The number of nitrogens with two attached hydrogens (primary N) is 1. The monoisotopic (exact) mass is 499 g/mol. The van der Waals surface area contributed by atoms with Gasteiger partial charge in [-0.05, 0) is 52.3 Å². The normalized spacial score (nSPS) is 14.2. The fraction of sp³-hybridized carbons (Fsp3) is 0.565. The molecule has 0 heterocycles. The van der Waals surface area contributed by atoms with Crippen LogP contribution in [-0.2, 0) is 23.7 Å². The summed E-state index contributed by atoms with van der Waals surface area (Å²) in [6.07, 6.45) is -4.23. The van der Waals surface area contributed by atoms with Gasteiger partial charge in [0.15, 0.2) is 11.5 Å². The molecule has 0 aromatic heterocycles. The van der Waals surface area contributed by atoms with Crippen LogP contribution in [0.4, 0.5) is 14.4 Å². The van der Waals surface area contributed by atoms with E-state index in [1.165, 1.54) is 18.2 Å². The maximum Gasteiger partial charge on any atom is 0.513 e. The minimum Gasteiger partial charge on any atom is -0.480 e. The molecule has 196 valence electrons. The zero-order valence-electron chi connectivity index (χ0n) is 20.6. The van der Waals surface area contributed by atoms with Crippen LogP contribution in [0.1, 0.15) is 53.0 Å². The highest BCUT2D eigenvalue weighted by atomic mass is 16.7. The first kappa shape index (κ1) is 29.5. The lowest BCUT2D eigenvalue weighted by atomic mass is 9.79. The first-order valence-corrected chi connectivity index (χ1v) is 11.1. The summed E-state index contributed by atoms with van der Waals surface area (Å²) in [5, 5.41) is 9.61. The molecule has 0 amide bonds. The molecule has 1 aromatic carbocycles. The summed E-state index contributed by atoms with van der Waals surface area (Å²) in [6, 6.07) is 2.63. The third-order valence-electron chi connectivity index (χ3n) is 4.86. The standard InChI is InChI=1S/C23H33NO11/c1-7-30-21(27)34-16-10-9-15(11-17(16)35-22(28)31-8-2)18(19(24)20(25)26)13(5)14(6)33-23(29)32-12(3)4/h9-14,18-19H,7-8,24H2,1-6H3,(H,25,26)/t13-,14+,18?,19-/m0/s1. The second-order valence-electron chi connectivity index (χ2n) is 7.76. The van der Waals surface area contributed by atoms with Gasteiger partial charge in [-0.2, -0.15) is 0 Å². The Kier molecular flexibility index (Phi) is 11.8. The maximum absolute atomic E-state index is 11.9. The van der Waals surface area contributed by atoms with E-state index in [1.54, 1.807) is 41.5 Å². The zero-order valence-corrected chi connectivity index (χ0v) is 20.6. The number of ether oxygens (including phenoxy) is 6. The average Bonchev–Trinajstić information content (AvgIpc) is 2.74. The summed E-state index contributed by atoms with van der Waals surface area (Å²) >= 11 is 0. The second kappa shape index (κ2) is 14.0. The van der Waals surface area contributed by atoms with Crippen molar-refractivity contribution in [2.45, 2.75) is 65.7 Å². The van der Waals surface area contributed by atoms with E-state index in [-0.39, 0.29) is 24.7 Å². The molecule has 0 radical (unpaired) electrons. The Morgan fingerprint density at radius 1 is 0.857 bits per heavy atom. The number of carboxylic acids is 1. The van der Waals surface area contributed by atoms with Crippen molar-refractivity contribution in [3.8, 4) is 11.5 Å². The molecule has 3 N–H and O–H groups in total. The summed E-state index contributed by atoms with van der Waals surface area (Å²) < 4.78 is 30.0. The van der Waals surface area contributed by atoms with Gasteiger partial charge in [0.1, 0.15) is 12.1 Å². The number of carbonyl (C=O) groups excluding carboxylic acids is 3. The van der Waals surface area contributed by atoms with Gasteiger partial charge in [0.05, 0.1) is 19.3 Å². The number of aliphatic carboxylic acids is 1. The topological polar surface area (TPSA) is 170 Å². The van der Waals surface area contributed by atoms with Crippen molar-refractivity contribution in [2.75, 3.05) is 13.2 Å². The summed E-state index contributed by atoms with van der Waals surface area (Å²) in [5.74, 6) is -3.25. The van der Waals surface area contributed by atoms with Crippen LogP contribution < -0.4 is 15.2 Å². The Labute approximate surface area is 203 Å². The zero-order chi connectivity index (χ0) is 26.7. The van der Waals surface area contributed by atoms with Crippen molar-refractivity contribution in [1.82, 2.24) is 0 Å². The molecule has 1 unspecified atom stereocenters. The Hall–Kier alpha value is -3.54. The molecule has 4 atom stereocenters. The first-order chi connectivity index (χ1) is 16.4. The minimum absolute atomic E-state index is 0.0253. The molecule has 0 aliphatic heterocycles. The lowest BCUT2D eigenvalue weighted by molar-refractivity contribution is -0.139. The fourth-order valence-electron chi connectivity index (χ4n) is 3.13. The first-order valence-electron chi connectivity index (χ1n) is 11.1. The highest BCUT2D eigenvalue weighted by Crippen LogP contribution is 2.37. The molecule has 1 aromatic rings. The summed E-state index contributed by atoms with van der Waals surface area (Å²) in [7, 11) is 0. The van der Waals surface area contributed by atoms with E-state index >= 15 is 0 Å². The molecule has 0 aliphatic rings. The van der Waals surface area contributed by atoms with Gasteiger partial charge in [-0.25, -0.2) is 14.4 Å². The number of carbonyl (C=O) groups is 4. The molecule has 0 aliphatic carbocycles. The Balaban J connectivity index is 3.39. The Morgan fingerprint density at radius 2 is 1.40 bits per heavy atom. The van der Waals surface area contributed by atoms with Gasteiger partial charge in [0.2, 0.25) is 0 Å². The quantitative estimate of drug-likeness (QED) is 0.256. The SMILES string of the molecule is CCOC(=O)Oc1ccc(C([C@H](N)C(=O)O)[C@@H](C)[C@@H](C)OC(=O)OC(C)C)cc1OC(=O)OCC. The van der Waals surface area contributed by atoms with Crippen molar-refractivity contribution in [1.29, 1.82) is 0 Å². The predicted molar refractivity (Wildman–Crippen MR) is 121 cm³/mol. The molecule has 12 nitrogen and oxygen atoms in total.